The molecule has 0 bridgehead atoms. The number of benzene rings is 1. The Kier molecular flexibility index (Phi) is 2.63. The second kappa shape index (κ2) is 4.31. The molecule has 0 saturated heterocycles. The quantitative estimate of drug-likeness (QED) is 0.385. The van der Waals surface area contributed by atoms with E-state index in [0.29, 0.717) is 5.75 Å². The van der Waals surface area contributed by atoms with Crippen molar-refractivity contribution in [3.8, 4) is 11.5 Å². The summed E-state index contributed by atoms with van der Waals surface area (Å²) < 4.78 is 10.6. The molecule has 19 heavy (non-hydrogen) atoms. The molecule has 2 N–H and O–H groups in total. The van der Waals surface area contributed by atoms with E-state index < -0.39 is 5.97 Å². The predicted molar refractivity (Wildman–Crippen MR) is 68.4 cm³/mol. The number of fused-ring (bicyclic) bond motifs is 2. The molecule has 3 rings (SSSR count). The van der Waals surface area contributed by atoms with Crippen molar-refractivity contribution in [2.24, 2.45) is 10.9 Å². The van der Waals surface area contributed by atoms with Gasteiger partial charge in [-0.15, -0.1) is 0 Å². The highest BCUT2D eigenvalue weighted by Crippen LogP contribution is 2.42. The van der Waals surface area contributed by atoms with Gasteiger partial charge in [-0.25, -0.2) is 4.79 Å². The van der Waals surface area contributed by atoms with Gasteiger partial charge in [0.25, 0.3) is 0 Å². The minimum Gasteiger partial charge on any atom is -0.454 e. The van der Waals surface area contributed by atoms with Gasteiger partial charge < -0.3 is 20.0 Å². The molecule has 1 aromatic carbocycles. The number of carbonyl (C=O) groups is 1. The Labute approximate surface area is 109 Å². The molecule has 0 fully saturated rings. The topological polar surface area (TPSA) is 83.1 Å². The third-order valence-corrected chi connectivity index (χ3v) is 2.95. The predicted octanol–water partition coefficient (Wildman–Crippen LogP) is 1.49. The minimum absolute atomic E-state index is 0.174. The Balaban J connectivity index is 1.80. The first-order valence-corrected chi connectivity index (χ1v) is 5.88. The zero-order valence-corrected chi connectivity index (χ0v) is 10.3. The first-order chi connectivity index (χ1) is 9.19. The van der Waals surface area contributed by atoms with Crippen LogP contribution in [-0.2, 0) is 9.63 Å². The fourth-order valence-electron chi connectivity index (χ4n) is 1.89. The highest BCUT2D eigenvalue weighted by molar-refractivity contribution is 6.31. The number of carbonyl (C=O) groups excluding carboxylic acids is 1. The maximum absolute atomic E-state index is 11.0. The molecule has 98 valence electrons. The number of nitrogens with two attached hydrogens (primary N) is 1. The summed E-state index contributed by atoms with van der Waals surface area (Å²) in [5.41, 5.74) is 8.42. The lowest BCUT2D eigenvalue weighted by Gasteiger charge is -2.19. The third kappa shape index (κ3) is 1.91. The minimum atomic E-state index is -0.422. The van der Waals surface area contributed by atoms with E-state index in [9.17, 15) is 4.79 Å². The molecule has 0 aromatic heterocycles. The number of rotatable bonds is 3. The highest BCUT2D eigenvalue weighted by Gasteiger charge is 2.25. The van der Waals surface area contributed by atoms with Gasteiger partial charge in [-0.2, -0.15) is 0 Å². The number of oxime groups is 1. The van der Waals surface area contributed by atoms with E-state index in [1.54, 1.807) is 6.92 Å². The van der Waals surface area contributed by atoms with Crippen LogP contribution < -0.4 is 15.2 Å². The van der Waals surface area contributed by atoms with Crippen molar-refractivity contribution in [3.05, 3.63) is 23.3 Å². The Morgan fingerprint density at radius 3 is 2.89 bits per heavy atom. The molecule has 6 nitrogen and oxygen atoms in total. The van der Waals surface area contributed by atoms with Crippen LogP contribution in [0.2, 0.25) is 0 Å². The lowest BCUT2D eigenvalue weighted by atomic mass is 9.87. The van der Waals surface area contributed by atoms with Gasteiger partial charge in [0.15, 0.2) is 17.3 Å². The van der Waals surface area contributed by atoms with Gasteiger partial charge in [-0.3, -0.25) is 0 Å². The maximum Gasteiger partial charge on any atom is 0.334 e. The van der Waals surface area contributed by atoms with Crippen LogP contribution in [0, 0.1) is 0 Å². The van der Waals surface area contributed by atoms with E-state index in [1.807, 2.05) is 18.2 Å². The maximum atomic E-state index is 11.0. The number of hydrogen-bond donors (Lipinski definition) is 1. The van der Waals surface area contributed by atoms with E-state index in [2.05, 4.69) is 9.99 Å². The average Bonchev–Trinajstić information content (AvgIpc) is 2.85. The lowest BCUT2D eigenvalue weighted by Crippen LogP contribution is -2.19. The smallest absolute Gasteiger partial charge is 0.334 e. The first kappa shape index (κ1) is 11.6. The Bertz CT molecular complexity index is 619. The number of hydrogen-bond acceptors (Lipinski definition) is 5. The van der Waals surface area contributed by atoms with Crippen molar-refractivity contribution in [1.29, 1.82) is 0 Å². The van der Waals surface area contributed by atoms with Crippen molar-refractivity contribution in [2.45, 2.75) is 13.3 Å². The van der Waals surface area contributed by atoms with E-state index in [0.717, 1.165) is 22.4 Å². The molecule has 6 heteroatoms. The molecule has 1 aromatic rings. The Morgan fingerprint density at radius 2 is 2.16 bits per heavy atom. The van der Waals surface area contributed by atoms with E-state index in [1.165, 1.54) is 0 Å². The van der Waals surface area contributed by atoms with Gasteiger partial charge in [0, 0.05) is 12.0 Å². The Hall–Kier alpha value is -2.50. The molecule has 1 heterocycles. The van der Waals surface area contributed by atoms with E-state index in [-0.39, 0.29) is 19.0 Å². The summed E-state index contributed by atoms with van der Waals surface area (Å²) in [6, 6.07) is 3.73. The highest BCUT2D eigenvalue weighted by atomic mass is 16.7. The molecule has 0 radical (unpaired) electrons. The van der Waals surface area contributed by atoms with Crippen LogP contribution in [-0.4, -0.2) is 18.6 Å². The molecule has 0 unspecified atom stereocenters. The molecule has 1 aliphatic carbocycles. The van der Waals surface area contributed by atoms with Crippen LogP contribution >= 0.6 is 0 Å². The summed E-state index contributed by atoms with van der Waals surface area (Å²) in [7, 11) is 0. The van der Waals surface area contributed by atoms with Crippen molar-refractivity contribution in [3.63, 3.8) is 0 Å². The standard InChI is InChI=1S/C13H12N2O4/c1-2-12(16)19-15-13(14)9-3-7-4-10-11(5-8(7)9)18-6-17-10/h3-5H,2,6H2,1H3,(H2,14,15). The summed E-state index contributed by atoms with van der Waals surface area (Å²) in [6.45, 7) is 1.91. The molecular weight excluding hydrogens is 248 g/mol. The van der Waals surface area contributed by atoms with Crippen molar-refractivity contribution in [1.82, 2.24) is 0 Å². The van der Waals surface area contributed by atoms with Crippen LogP contribution in [0.5, 0.6) is 11.5 Å². The second-order valence-corrected chi connectivity index (χ2v) is 4.14. The average molecular weight is 260 g/mol. The van der Waals surface area contributed by atoms with Gasteiger partial charge in [-0.05, 0) is 29.3 Å². The molecule has 1 aliphatic heterocycles. The van der Waals surface area contributed by atoms with Crippen LogP contribution in [0.15, 0.2) is 17.3 Å². The number of nitrogens with zero attached hydrogens (tertiary/aromatic N) is 1. The van der Waals surface area contributed by atoms with Crippen LogP contribution in [0.3, 0.4) is 0 Å². The summed E-state index contributed by atoms with van der Waals surface area (Å²) in [6.07, 6.45) is 2.11. The van der Waals surface area contributed by atoms with Crippen molar-refractivity contribution in [2.75, 3.05) is 6.79 Å². The van der Waals surface area contributed by atoms with Gasteiger partial charge in [-0.1, -0.05) is 12.1 Å². The zero-order chi connectivity index (χ0) is 13.4. The molecule has 0 saturated carbocycles. The summed E-state index contributed by atoms with van der Waals surface area (Å²) in [5, 5.41) is 3.61. The largest absolute Gasteiger partial charge is 0.454 e. The van der Waals surface area contributed by atoms with Crippen LogP contribution in [0.1, 0.15) is 24.5 Å². The molecule has 0 atom stereocenters. The summed E-state index contributed by atoms with van der Waals surface area (Å²) in [4.78, 5) is 15.6. The fraction of sp³-hybridized carbons (Fsp3) is 0.231. The second-order valence-electron chi connectivity index (χ2n) is 4.14. The zero-order valence-electron chi connectivity index (χ0n) is 10.3. The first-order valence-electron chi connectivity index (χ1n) is 5.88. The summed E-state index contributed by atoms with van der Waals surface area (Å²) in [5.74, 6) is 1.16. The van der Waals surface area contributed by atoms with E-state index >= 15 is 0 Å². The third-order valence-electron chi connectivity index (χ3n) is 2.95. The Morgan fingerprint density at radius 1 is 1.42 bits per heavy atom. The molecule has 0 amide bonds. The molecule has 0 spiro atoms. The van der Waals surface area contributed by atoms with Gasteiger partial charge in [0.1, 0.15) is 0 Å². The lowest BCUT2D eigenvalue weighted by molar-refractivity contribution is -0.143. The van der Waals surface area contributed by atoms with Gasteiger partial charge in [0.2, 0.25) is 6.79 Å². The molecule has 2 aliphatic rings. The monoisotopic (exact) mass is 260 g/mol. The van der Waals surface area contributed by atoms with Crippen molar-refractivity contribution >= 4 is 23.5 Å². The summed E-state index contributed by atoms with van der Waals surface area (Å²) >= 11 is 0. The molecular formula is C13H12N2O4. The van der Waals surface area contributed by atoms with Gasteiger partial charge >= 0.3 is 5.97 Å². The van der Waals surface area contributed by atoms with Gasteiger partial charge in [0.05, 0.1) is 0 Å². The van der Waals surface area contributed by atoms with Crippen LogP contribution in [0.4, 0.5) is 0 Å². The van der Waals surface area contributed by atoms with E-state index in [4.69, 9.17) is 15.2 Å². The normalized spacial score (nSPS) is 15.4. The number of amidine groups is 1. The number of ether oxygens (including phenoxy) is 2. The van der Waals surface area contributed by atoms with Crippen molar-refractivity contribution < 1.29 is 19.1 Å². The SMILES string of the molecule is CCC(=O)ON=C(N)C1=Cc2cc3c(cc21)OCO3. The van der Waals surface area contributed by atoms with Crippen LogP contribution in [0.25, 0.3) is 11.6 Å². The fourth-order valence-corrected chi connectivity index (χ4v) is 1.89.